The molecule has 0 spiro atoms. The number of hydrogen-bond acceptors (Lipinski definition) is 4. The molecule has 6 rings (SSSR count). The van der Waals surface area contributed by atoms with Crippen LogP contribution in [0.4, 0.5) is 4.79 Å². The second-order valence-corrected chi connectivity index (χ2v) is 9.05. The summed E-state index contributed by atoms with van der Waals surface area (Å²) < 4.78 is 5.90. The summed E-state index contributed by atoms with van der Waals surface area (Å²) in [6.07, 6.45) is -0.0678. The zero-order valence-electron chi connectivity index (χ0n) is 18.3. The van der Waals surface area contributed by atoms with Gasteiger partial charge in [0.05, 0.1) is 6.04 Å². The molecule has 166 valence electrons. The molecule has 3 aromatic carbocycles. The minimum Gasteiger partial charge on any atom is -0.508 e. The van der Waals surface area contributed by atoms with Crippen LogP contribution in [0.25, 0.3) is 11.1 Å². The van der Waals surface area contributed by atoms with Crippen LogP contribution in [0.3, 0.4) is 0 Å². The molecule has 1 aliphatic carbocycles. The molecule has 0 aromatic heterocycles. The van der Waals surface area contributed by atoms with Crippen molar-refractivity contribution in [3.8, 4) is 16.9 Å². The highest BCUT2D eigenvalue weighted by atomic mass is 16.6. The molecule has 6 nitrogen and oxygen atoms in total. The third-order valence-corrected chi connectivity index (χ3v) is 7.23. The highest BCUT2D eigenvalue weighted by molar-refractivity contribution is 5.88. The van der Waals surface area contributed by atoms with Gasteiger partial charge in [0.15, 0.2) is 0 Å². The SMILES string of the molecule is CN1C[C@H]2c3cc(O)ccc3C[C@@H](C1=O)N2C(=O)OCC1c2ccccc2-c2ccccc21. The molecule has 6 heteroatoms. The van der Waals surface area contributed by atoms with Crippen molar-refractivity contribution >= 4 is 12.0 Å². The van der Waals surface area contributed by atoms with Gasteiger partial charge in [-0.25, -0.2) is 4.79 Å². The Morgan fingerprint density at radius 3 is 2.33 bits per heavy atom. The number of carbonyl (C=O) groups is 2. The first-order chi connectivity index (χ1) is 16.0. The predicted molar refractivity (Wildman–Crippen MR) is 123 cm³/mol. The summed E-state index contributed by atoms with van der Waals surface area (Å²) in [5, 5.41) is 10.0. The molecule has 1 N–H and O–H groups in total. The van der Waals surface area contributed by atoms with Gasteiger partial charge in [0, 0.05) is 25.9 Å². The van der Waals surface area contributed by atoms with Crippen molar-refractivity contribution in [2.75, 3.05) is 20.2 Å². The van der Waals surface area contributed by atoms with Gasteiger partial charge in [-0.2, -0.15) is 0 Å². The lowest BCUT2D eigenvalue weighted by atomic mass is 9.85. The average molecular weight is 440 g/mol. The number of rotatable bonds is 2. The smallest absolute Gasteiger partial charge is 0.411 e. The molecule has 0 radical (unpaired) electrons. The second-order valence-electron chi connectivity index (χ2n) is 9.05. The Hall–Kier alpha value is -3.80. The number of aromatic hydroxyl groups is 1. The monoisotopic (exact) mass is 440 g/mol. The Labute approximate surface area is 192 Å². The Balaban J connectivity index is 1.30. The lowest BCUT2D eigenvalue weighted by Gasteiger charge is -2.48. The minimum absolute atomic E-state index is 0.0410. The van der Waals surface area contributed by atoms with Crippen LogP contribution in [0.15, 0.2) is 66.7 Å². The number of likely N-dealkylation sites (N-methyl/N-ethyl adjacent to an activating group) is 1. The van der Waals surface area contributed by atoms with Crippen molar-refractivity contribution in [3.05, 3.63) is 89.0 Å². The number of piperazine rings is 1. The zero-order chi connectivity index (χ0) is 22.7. The van der Waals surface area contributed by atoms with Crippen molar-refractivity contribution < 1.29 is 19.4 Å². The number of benzene rings is 3. The normalized spacial score (nSPS) is 20.8. The van der Waals surface area contributed by atoms with Crippen molar-refractivity contribution in [2.45, 2.75) is 24.4 Å². The Bertz CT molecular complexity index is 1240. The molecule has 3 aromatic rings. The van der Waals surface area contributed by atoms with Crippen LogP contribution in [0, 0.1) is 0 Å². The quantitative estimate of drug-likeness (QED) is 0.652. The number of phenols is 1. The lowest BCUT2D eigenvalue weighted by Crippen LogP contribution is -2.61. The van der Waals surface area contributed by atoms with Crippen LogP contribution in [-0.4, -0.2) is 53.1 Å². The number of ether oxygens (including phenoxy) is 1. The van der Waals surface area contributed by atoms with Gasteiger partial charge in [0.2, 0.25) is 5.91 Å². The first kappa shape index (κ1) is 19.9. The van der Waals surface area contributed by atoms with Crippen molar-refractivity contribution in [2.24, 2.45) is 0 Å². The molecule has 0 unspecified atom stereocenters. The van der Waals surface area contributed by atoms with Gasteiger partial charge in [0.1, 0.15) is 18.4 Å². The van der Waals surface area contributed by atoms with Crippen LogP contribution < -0.4 is 0 Å². The minimum atomic E-state index is -0.596. The number of fused-ring (bicyclic) bond motifs is 7. The van der Waals surface area contributed by atoms with Crippen LogP contribution in [0.5, 0.6) is 5.75 Å². The van der Waals surface area contributed by atoms with Gasteiger partial charge < -0.3 is 14.7 Å². The topological polar surface area (TPSA) is 70.1 Å². The van der Waals surface area contributed by atoms with Crippen LogP contribution in [0.1, 0.15) is 34.2 Å². The van der Waals surface area contributed by atoms with Crippen LogP contribution >= 0.6 is 0 Å². The molecule has 2 aliphatic heterocycles. The highest BCUT2D eigenvalue weighted by Gasteiger charge is 2.47. The Morgan fingerprint density at radius 2 is 1.64 bits per heavy atom. The fourth-order valence-electron chi connectivity index (χ4n) is 5.67. The largest absolute Gasteiger partial charge is 0.508 e. The average Bonchev–Trinajstić information content (AvgIpc) is 3.15. The molecule has 3 aliphatic rings. The van der Waals surface area contributed by atoms with Crippen molar-refractivity contribution in [1.29, 1.82) is 0 Å². The zero-order valence-corrected chi connectivity index (χ0v) is 18.3. The summed E-state index contributed by atoms with van der Waals surface area (Å²) in [7, 11) is 1.76. The molecule has 2 amide bonds. The summed E-state index contributed by atoms with van der Waals surface area (Å²) in [6.45, 7) is 0.579. The number of phenolic OH excluding ortho intramolecular Hbond substituents is 1. The van der Waals surface area contributed by atoms with Gasteiger partial charge in [-0.15, -0.1) is 0 Å². The Kier molecular flexibility index (Phi) is 4.43. The second kappa shape index (κ2) is 7.37. The van der Waals surface area contributed by atoms with E-state index in [2.05, 4.69) is 24.3 Å². The number of amides is 2. The van der Waals surface area contributed by atoms with E-state index >= 15 is 0 Å². The van der Waals surface area contributed by atoms with Gasteiger partial charge in [-0.3, -0.25) is 9.69 Å². The molecule has 1 fully saturated rings. The maximum absolute atomic E-state index is 13.4. The van der Waals surface area contributed by atoms with Crippen LogP contribution in [0.2, 0.25) is 0 Å². The van der Waals surface area contributed by atoms with E-state index in [1.807, 2.05) is 30.3 Å². The van der Waals surface area contributed by atoms with E-state index in [0.29, 0.717) is 13.0 Å². The van der Waals surface area contributed by atoms with E-state index in [0.717, 1.165) is 22.3 Å². The maximum atomic E-state index is 13.4. The van der Waals surface area contributed by atoms with Gasteiger partial charge in [0.25, 0.3) is 0 Å². The van der Waals surface area contributed by atoms with Crippen molar-refractivity contribution in [3.63, 3.8) is 0 Å². The van der Waals surface area contributed by atoms with E-state index in [-0.39, 0.29) is 30.2 Å². The van der Waals surface area contributed by atoms with E-state index in [1.165, 1.54) is 11.1 Å². The third kappa shape index (κ3) is 3.01. The maximum Gasteiger partial charge on any atom is 0.411 e. The Morgan fingerprint density at radius 1 is 0.970 bits per heavy atom. The summed E-state index contributed by atoms with van der Waals surface area (Å²) in [4.78, 5) is 29.6. The highest BCUT2D eigenvalue weighted by Crippen LogP contribution is 2.45. The molecule has 0 saturated carbocycles. The lowest BCUT2D eigenvalue weighted by molar-refractivity contribution is -0.143. The van der Waals surface area contributed by atoms with E-state index in [1.54, 1.807) is 29.0 Å². The van der Waals surface area contributed by atoms with Crippen molar-refractivity contribution in [1.82, 2.24) is 9.80 Å². The summed E-state index contributed by atoms with van der Waals surface area (Å²) in [6, 6.07) is 20.7. The molecule has 2 bridgehead atoms. The molecule has 1 saturated heterocycles. The summed E-state index contributed by atoms with van der Waals surface area (Å²) in [5.74, 6) is 0.0263. The van der Waals surface area contributed by atoms with Gasteiger partial charge in [-0.1, -0.05) is 54.6 Å². The summed E-state index contributed by atoms with van der Waals surface area (Å²) >= 11 is 0. The first-order valence-corrected chi connectivity index (χ1v) is 11.2. The fourth-order valence-corrected chi connectivity index (χ4v) is 5.67. The predicted octanol–water partition coefficient (Wildman–Crippen LogP) is 4.08. The summed E-state index contributed by atoms with van der Waals surface area (Å²) in [5.41, 5.74) is 6.51. The molecular formula is C27H24N2O4. The molecule has 33 heavy (non-hydrogen) atoms. The molecule has 2 atom stereocenters. The molecule has 2 heterocycles. The standard InChI is InChI=1S/C27H24N2O4/c1-28-14-25-22-13-17(30)11-10-16(22)12-24(26(28)31)29(25)27(32)33-15-23-20-8-4-2-6-18(20)19-7-3-5-9-21(19)23/h2-11,13,23-25,30H,12,14-15H2,1H3/t24-,25-/m0/s1. The molecular weight excluding hydrogens is 416 g/mol. The number of carbonyl (C=O) groups excluding carboxylic acids is 2. The van der Waals surface area contributed by atoms with E-state index in [9.17, 15) is 14.7 Å². The van der Waals surface area contributed by atoms with Crippen LogP contribution in [-0.2, 0) is 16.0 Å². The third-order valence-electron chi connectivity index (χ3n) is 7.23. The fraction of sp³-hybridized carbons (Fsp3) is 0.259. The van der Waals surface area contributed by atoms with Gasteiger partial charge >= 0.3 is 6.09 Å². The number of hydrogen-bond donors (Lipinski definition) is 1. The van der Waals surface area contributed by atoms with E-state index in [4.69, 9.17) is 4.74 Å². The van der Waals surface area contributed by atoms with E-state index < -0.39 is 12.1 Å². The first-order valence-electron chi connectivity index (χ1n) is 11.2. The van der Waals surface area contributed by atoms with Gasteiger partial charge in [-0.05, 0) is 45.5 Å². The number of nitrogens with zero attached hydrogens (tertiary/aromatic N) is 2.